The van der Waals surface area contributed by atoms with Crippen molar-refractivity contribution in [1.82, 2.24) is 19.6 Å². The van der Waals surface area contributed by atoms with Gasteiger partial charge >= 0.3 is 0 Å². The number of fused-ring (bicyclic) bond motifs is 1. The summed E-state index contributed by atoms with van der Waals surface area (Å²) in [5.41, 5.74) is 2.83. The first-order chi connectivity index (χ1) is 16.0. The van der Waals surface area contributed by atoms with E-state index in [1.807, 2.05) is 18.3 Å². The van der Waals surface area contributed by atoms with E-state index in [-0.39, 0.29) is 11.5 Å². The fourth-order valence-electron chi connectivity index (χ4n) is 7.09. The van der Waals surface area contributed by atoms with Crippen molar-refractivity contribution in [1.29, 1.82) is 0 Å². The maximum atomic E-state index is 12.6. The van der Waals surface area contributed by atoms with E-state index in [0.29, 0.717) is 5.75 Å². The lowest BCUT2D eigenvalue weighted by atomic mass is 9.52. The summed E-state index contributed by atoms with van der Waals surface area (Å²) in [4.78, 5) is 5.15. The summed E-state index contributed by atoms with van der Waals surface area (Å²) in [6, 6.07) is 6.10. The molecule has 6 heteroatoms. The minimum atomic E-state index is -0.739. The number of hydrogen-bond acceptors (Lipinski definition) is 5. The van der Waals surface area contributed by atoms with E-state index in [1.54, 1.807) is 0 Å². The normalized spacial score (nSPS) is 32.2. The Morgan fingerprint density at radius 2 is 1.91 bits per heavy atom. The Kier molecular flexibility index (Phi) is 5.31. The number of hydrogen-bond donors (Lipinski definition) is 2. The zero-order valence-electron chi connectivity index (χ0n) is 19.9. The van der Waals surface area contributed by atoms with Gasteiger partial charge in [0, 0.05) is 37.3 Å². The number of aromatic nitrogens is 2. The lowest BCUT2D eigenvalue weighted by molar-refractivity contribution is -0.149. The third kappa shape index (κ3) is 3.62. The highest BCUT2D eigenvalue weighted by Crippen LogP contribution is 2.56. The van der Waals surface area contributed by atoms with Crippen molar-refractivity contribution in [2.75, 3.05) is 32.7 Å². The Bertz CT molecular complexity index is 1020. The summed E-state index contributed by atoms with van der Waals surface area (Å²) in [5.74, 6) is 1.16. The Morgan fingerprint density at radius 3 is 2.70 bits per heavy atom. The fraction of sp³-hybridized carbons (Fsp3) is 0.667. The summed E-state index contributed by atoms with van der Waals surface area (Å²) in [6.07, 6.45) is 11.5. The quantitative estimate of drug-likeness (QED) is 0.709. The first-order valence-electron chi connectivity index (χ1n) is 13.0. The van der Waals surface area contributed by atoms with E-state index in [1.165, 1.54) is 29.5 Å². The number of phenols is 1. The molecular weight excluding hydrogens is 412 g/mol. The molecule has 2 N–H and O–H groups in total. The number of likely N-dealkylation sites (tertiary alicyclic amines) is 2. The molecule has 1 aromatic carbocycles. The Morgan fingerprint density at radius 1 is 1.09 bits per heavy atom. The summed E-state index contributed by atoms with van der Waals surface area (Å²) in [5, 5.41) is 27.5. The molecule has 2 aliphatic carbocycles. The second kappa shape index (κ2) is 8.10. The molecular formula is C27H38N4O2. The molecule has 3 fully saturated rings. The molecule has 2 bridgehead atoms. The lowest BCUT2D eigenvalue weighted by Gasteiger charge is -2.61. The number of rotatable bonds is 6. The smallest absolute Gasteiger partial charge is 0.115 e. The maximum Gasteiger partial charge on any atom is 0.115 e. The second-order valence-corrected chi connectivity index (χ2v) is 11.1. The van der Waals surface area contributed by atoms with Gasteiger partial charge in [-0.15, -0.1) is 0 Å². The van der Waals surface area contributed by atoms with Crippen LogP contribution in [0.2, 0.25) is 0 Å². The molecule has 1 saturated carbocycles. The number of piperidine rings is 1. The topological polar surface area (TPSA) is 64.8 Å². The SMILES string of the molecule is CCc1cnn(CCN2CC[C@]34CCN(CC5CC5)[C@H](Cc5ccc(O)cc53)[C@]4(O)CC2)c1. The van der Waals surface area contributed by atoms with E-state index < -0.39 is 5.60 Å². The lowest BCUT2D eigenvalue weighted by Crippen LogP contribution is -2.71. The monoisotopic (exact) mass is 450 g/mol. The molecule has 2 aliphatic heterocycles. The Labute approximate surface area is 197 Å². The van der Waals surface area contributed by atoms with Gasteiger partial charge in [-0.05, 0) is 92.8 Å². The van der Waals surface area contributed by atoms with Gasteiger partial charge in [0.25, 0.3) is 0 Å². The van der Waals surface area contributed by atoms with Gasteiger partial charge in [0.1, 0.15) is 5.75 Å². The highest BCUT2D eigenvalue weighted by molar-refractivity contribution is 5.48. The van der Waals surface area contributed by atoms with Gasteiger partial charge in [-0.2, -0.15) is 5.10 Å². The first-order valence-corrected chi connectivity index (χ1v) is 13.0. The van der Waals surface area contributed by atoms with Gasteiger partial charge in [-0.1, -0.05) is 13.0 Å². The minimum Gasteiger partial charge on any atom is -0.508 e. The molecule has 6 rings (SSSR count). The molecule has 33 heavy (non-hydrogen) atoms. The maximum absolute atomic E-state index is 12.6. The molecule has 0 unspecified atom stereocenters. The summed E-state index contributed by atoms with van der Waals surface area (Å²) in [6.45, 7) is 8.11. The van der Waals surface area contributed by atoms with E-state index in [9.17, 15) is 10.2 Å². The van der Waals surface area contributed by atoms with Crippen LogP contribution in [0.5, 0.6) is 5.75 Å². The van der Waals surface area contributed by atoms with Gasteiger partial charge in [0.2, 0.25) is 0 Å². The molecule has 3 heterocycles. The van der Waals surface area contributed by atoms with E-state index >= 15 is 0 Å². The summed E-state index contributed by atoms with van der Waals surface area (Å²) < 4.78 is 2.06. The average molecular weight is 451 g/mol. The number of benzene rings is 1. The zero-order valence-corrected chi connectivity index (χ0v) is 19.9. The van der Waals surface area contributed by atoms with E-state index in [2.05, 4.69) is 38.8 Å². The van der Waals surface area contributed by atoms with Crippen molar-refractivity contribution >= 4 is 0 Å². The number of phenolic OH excluding ortho intramolecular Hbond substituents is 1. The third-order valence-corrected chi connectivity index (χ3v) is 9.26. The number of aliphatic hydroxyl groups is 1. The molecule has 1 aromatic heterocycles. The highest BCUT2D eigenvalue weighted by atomic mass is 16.3. The molecule has 178 valence electrons. The van der Waals surface area contributed by atoms with Crippen molar-refractivity contribution in [3.05, 3.63) is 47.3 Å². The van der Waals surface area contributed by atoms with Gasteiger partial charge in [0.05, 0.1) is 18.3 Å². The molecule has 0 spiro atoms. The van der Waals surface area contributed by atoms with Crippen LogP contribution >= 0.6 is 0 Å². The third-order valence-electron chi connectivity index (χ3n) is 9.26. The van der Waals surface area contributed by atoms with E-state index in [0.717, 1.165) is 77.3 Å². The number of aromatic hydroxyl groups is 1. The second-order valence-electron chi connectivity index (χ2n) is 11.1. The standard InChI is InChI=1S/C27H38N4O2/c1-2-20-17-28-31(19-20)14-13-29-10-7-26-8-12-30(18-21-3-4-21)25(27(26,33)9-11-29)15-22-5-6-23(32)16-24(22)26/h5-6,16-17,19,21,25,32-33H,2-4,7-15,18H2,1H3/t25-,26+,27-/m1/s1. The van der Waals surface area contributed by atoms with Crippen molar-refractivity contribution in [3.63, 3.8) is 0 Å². The molecule has 2 aromatic rings. The van der Waals surface area contributed by atoms with E-state index in [4.69, 9.17) is 0 Å². The summed E-state index contributed by atoms with van der Waals surface area (Å²) >= 11 is 0. The van der Waals surface area contributed by atoms with Crippen LogP contribution in [-0.4, -0.2) is 74.2 Å². The summed E-state index contributed by atoms with van der Waals surface area (Å²) in [7, 11) is 0. The molecule has 3 atom stereocenters. The van der Waals surface area contributed by atoms with Crippen LogP contribution in [-0.2, 0) is 24.8 Å². The Balaban J connectivity index is 1.29. The van der Waals surface area contributed by atoms with Gasteiger partial charge in [0.15, 0.2) is 0 Å². The van der Waals surface area contributed by atoms with Crippen LogP contribution in [0.3, 0.4) is 0 Å². The predicted octanol–water partition coefficient (Wildman–Crippen LogP) is 2.96. The first kappa shape index (κ1) is 21.6. The van der Waals surface area contributed by atoms with Crippen LogP contribution < -0.4 is 0 Å². The van der Waals surface area contributed by atoms with Gasteiger partial charge < -0.3 is 15.1 Å². The van der Waals surface area contributed by atoms with Gasteiger partial charge in [-0.25, -0.2) is 0 Å². The van der Waals surface area contributed by atoms with Crippen LogP contribution in [0.4, 0.5) is 0 Å². The number of nitrogens with zero attached hydrogens (tertiary/aromatic N) is 4. The minimum absolute atomic E-state index is 0.182. The Hall–Kier alpha value is -1.89. The molecule has 6 nitrogen and oxygen atoms in total. The highest BCUT2D eigenvalue weighted by Gasteiger charge is 2.63. The van der Waals surface area contributed by atoms with Gasteiger partial charge in [-0.3, -0.25) is 9.58 Å². The molecule has 4 aliphatic rings. The fourth-order valence-corrected chi connectivity index (χ4v) is 7.09. The zero-order chi connectivity index (χ0) is 22.6. The largest absolute Gasteiger partial charge is 0.508 e. The van der Waals surface area contributed by atoms with Crippen LogP contribution in [0, 0.1) is 5.92 Å². The predicted molar refractivity (Wildman–Crippen MR) is 128 cm³/mol. The van der Waals surface area contributed by atoms with Crippen LogP contribution in [0.25, 0.3) is 0 Å². The van der Waals surface area contributed by atoms with Crippen molar-refractivity contribution in [2.24, 2.45) is 5.92 Å². The molecule has 2 saturated heterocycles. The average Bonchev–Trinajstić information content (AvgIpc) is 3.54. The molecule has 0 radical (unpaired) electrons. The van der Waals surface area contributed by atoms with Crippen molar-refractivity contribution in [3.8, 4) is 5.75 Å². The van der Waals surface area contributed by atoms with Crippen LogP contribution in [0.15, 0.2) is 30.6 Å². The number of aryl methyl sites for hydroxylation is 1. The molecule has 0 amide bonds. The van der Waals surface area contributed by atoms with Crippen LogP contribution in [0.1, 0.15) is 55.7 Å². The van der Waals surface area contributed by atoms with Crippen molar-refractivity contribution < 1.29 is 10.2 Å². The van der Waals surface area contributed by atoms with Crippen molar-refractivity contribution in [2.45, 2.75) is 75.5 Å².